The van der Waals surface area contributed by atoms with Crippen LogP contribution in [0.15, 0.2) is 16.6 Å². The van der Waals surface area contributed by atoms with Gasteiger partial charge in [0.2, 0.25) is 0 Å². The molecule has 0 spiro atoms. The van der Waals surface area contributed by atoms with E-state index in [-0.39, 0.29) is 5.56 Å². The number of methoxy groups -OCH3 is 1. The lowest BCUT2D eigenvalue weighted by atomic mass is 10.2. The summed E-state index contributed by atoms with van der Waals surface area (Å²) in [5.74, 6) is -0.188. The molecule has 0 amide bonds. The van der Waals surface area contributed by atoms with E-state index >= 15 is 0 Å². The fourth-order valence-corrected chi connectivity index (χ4v) is 3.12. The summed E-state index contributed by atoms with van der Waals surface area (Å²) >= 11 is 4.89. The van der Waals surface area contributed by atoms with Gasteiger partial charge in [0, 0.05) is 4.88 Å². The molecule has 1 N–H and O–H groups in total. The fourth-order valence-electron chi connectivity index (χ4n) is 1.72. The van der Waals surface area contributed by atoms with E-state index in [0.717, 1.165) is 15.6 Å². The van der Waals surface area contributed by atoms with Crippen molar-refractivity contribution in [3.05, 3.63) is 37.7 Å². The van der Waals surface area contributed by atoms with Gasteiger partial charge in [0.1, 0.15) is 11.6 Å². The summed E-state index contributed by atoms with van der Waals surface area (Å²) in [5, 5.41) is 9.90. The molecule has 5 nitrogen and oxygen atoms in total. The van der Waals surface area contributed by atoms with Gasteiger partial charge in [0.05, 0.1) is 22.8 Å². The van der Waals surface area contributed by atoms with Crippen LogP contribution in [0, 0.1) is 13.8 Å². The highest BCUT2D eigenvalue weighted by atomic mass is 79.9. The van der Waals surface area contributed by atoms with Gasteiger partial charge in [-0.3, -0.25) is 0 Å². The highest BCUT2D eigenvalue weighted by molar-refractivity contribution is 9.10. The highest BCUT2D eigenvalue weighted by Crippen LogP contribution is 2.37. The maximum Gasteiger partial charge on any atom is 0.335 e. The van der Waals surface area contributed by atoms with Crippen molar-refractivity contribution in [2.75, 3.05) is 7.11 Å². The largest absolute Gasteiger partial charge is 0.493 e. The molecule has 0 atom stereocenters. The fraction of sp³-hybridized carbons (Fsp3) is 0.286. The Kier molecular flexibility index (Phi) is 4.84. The molecule has 0 unspecified atom stereocenters. The van der Waals surface area contributed by atoms with E-state index in [1.165, 1.54) is 19.2 Å². The number of rotatable bonds is 5. The zero-order valence-corrected chi connectivity index (χ0v) is 14.2. The third-order valence-corrected chi connectivity index (χ3v) is 4.52. The number of carbonyl (C=O) groups is 1. The predicted octanol–water partition coefficient (Wildman–Crippen LogP) is 3.81. The normalized spacial score (nSPS) is 10.5. The lowest BCUT2D eigenvalue weighted by Crippen LogP contribution is -2.02. The Hall–Kier alpha value is -1.60. The van der Waals surface area contributed by atoms with Crippen LogP contribution in [0.25, 0.3) is 0 Å². The molecule has 0 bridgehead atoms. The standard InChI is InChI=1S/C14H14BrNO4S/c1-7-8(2)21-12(16-7)6-20-13-10(15)4-9(14(17)18)5-11(13)19-3/h4-5H,6H2,1-3H3,(H,17,18). The Morgan fingerprint density at radius 2 is 2.14 bits per heavy atom. The van der Waals surface area contributed by atoms with Gasteiger partial charge in [0.15, 0.2) is 11.5 Å². The molecule has 1 heterocycles. The zero-order chi connectivity index (χ0) is 15.6. The molecular weight excluding hydrogens is 358 g/mol. The Balaban J connectivity index is 2.25. The molecule has 1 aromatic heterocycles. The van der Waals surface area contributed by atoms with Crippen LogP contribution in [0.5, 0.6) is 11.5 Å². The molecule has 0 aliphatic rings. The minimum Gasteiger partial charge on any atom is -0.493 e. The van der Waals surface area contributed by atoms with Crippen LogP contribution in [0.4, 0.5) is 0 Å². The van der Waals surface area contributed by atoms with E-state index in [1.807, 2.05) is 13.8 Å². The number of aromatic carboxylic acids is 1. The smallest absolute Gasteiger partial charge is 0.335 e. The molecule has 0 saturated heterocycles. The first-order valence-corrected chi connectivity index (χ1v) is 7.70. The van der Waals surface area contributed by atoms with Crippen LogP contribution < -0.4 is 9.47 Å². The Morgan fingerprint density at radius 3 is 2.67 bits per heavy atom. The minimum absolute atomic E-state index is 0.131. The number of ether oxygens (including phenoxy) is 2. The van der Waals surface area contributed by atoms with Crippen molar-refractivity contribution in [3.8, 4) is 11.5 Å². The van der Waals surface area contributed by atoms with Gasteiger partial charge >= 0.3 is 5.97 Å². The number of aryl methyl sites for hydroxylation is 2. The van der Waals surface area contributed by atoms with Crippen molar-refractivity contribution in [2.24, 2.45) is 0 Å². The summed E-state index contributed by atoms with van der Waals surface area (Å²) < 4.78 is 11.5. The Morgan fingerprint density at radius 1 is 1.43 bits per heavy atom. The number of carboxylic acids is 1. The Labute approximate surface area is 134 Å². The molecule has 7 heteroatoms. The first kappa shape index (κ1) is 15.8. The van der Waals surface area contributed by atoms with E-state index in [0.29, 0.717) is 22.6 Å². The summed E-state index contributed by atoms with van der Waals surface area (Å²) in [6, 6.07) is 2.92. The number of benzene rings is 1. The van der Waals surface area contributed by atoms with Crippen molar-refractivity contribution >= 4 is 33.2 Å². The molecular formula is C14H14BrNO4S. The molecule has 112 valence electrons. The highest BCUT2D eigenvalue weighted by Gasteiger charge is 2.16. The number of thiazole rings is 1. The third-order valence-electron chi connectivity index (χ3n) is 2.89. The van der Waals surface area contributed by atoms with Crippen molar-refractivity contribution in [1.29, 1.82) is 0 Å². The summed E-state index contributed by atoms with van der Waals surface area (Å²) in [6.07, 6.45) is 0. The maximum atomic E-state index is 11.0. The lowest BCUT2D eigenvalue weighted by Gasteiger charge is -2.12. The molecule has 2 rings (SSSR count). The Bertz CT molecular complexity index is 664. The van der Waals surface area contributed by atoms with Gasteiger partial charge in [-0.2, -0.15) is 0 Å². The number of nitrogens with zero attached hydrogens (tertiary/aromatic N) is 1. The summed E-state index contributed by atoms with van der Waals surface area (Å²) in [4.78, 5) is 16.6. The quantitative estimate of drug-likeness (QED) is 0.865. The van der Waals surface area contributed by atoms with Crippen molar-refractivity contribution < 1.29 is 19.4 Å². The van der Waals surface area contributed by atoms with Gasteiger partial charge in [0.25, 0.3) is 0 Å². The zero-order valence-electron chi connectivity index (χ0n) is 11.8. The van der Waals surface area contributed by atoms with E-state index in [4.69, 9.17) is 14.6 Å². The summed E-state index contributed by atoms with van der Waals surface area (Å²) in [6.45, 7) is 4.27. The summed E-state index contributed by atoms with van der Waals surface area (Å²) in [5.41, 5.74) is 1.12. The second kappa shape index (κ2) is 6.44. The van der Waals surface area contributed by atoms with Gasteiger partial charge in [-0.25, -0.2) is 9.78 Å². The number of hydrogen-bond acceptors (Lipinski definition) is 5. The number of halogens is 1. The molecule has 1 aromatic carbocycles. The number of aromatic nitrogens is 1. The molecule has 0 aliphatic heterocycles. The number of carboxylic acid groups (broad SMARTS) is 1. The average molecular weight is 372 g/mol. The van der Waals surface area contributed by atoms with Crippen LogP contribution in [0.3, 0.4) is 0 Å². The van der Waals surface area contributed by atoms with Crippen molar-refractivity contribution in [1.82, 2.24) is 4.98 Å². The van der Waals surface area contributed by atoms with Crippen LogP contribution in [-0.2, 0) is 6.61 Å². The van der Waals surface area contributed by atoms with Gasteiger partial charge in [-0.05, 0) is 41.9 Å². The van der Waals surface area contributed by atoms with Crippen LogP contribution in [0.1, 0.15) is 25.9 Å². The predicted molar refractivity (Wildman–Crippen MR) is 83.6 cm³/mol. The second-order valence-electron chi connectivity index (χ2n) is 4.33. The molecule has 0 saturated carbocycles. The summed E-state index contributed by atoms with van der Waals surface area (Å²) in [7, 11) is 1.47. The topological polar surface area (TPSA) is 68.7 Å². The van der Waals surface area contributed by atoms with E-state index in [2.05, 4.69) is 20.9 Å². The van der Waals surface area contributed by atoms with E-state index in [1.54, 1.807) is 11.3 Å². The van der Waals surface area contributed by atoms with Gasteiger partial charge in [-0.1, -0.05) is 0 Å². The monoisotopic (exact) mass is 371 g/mol. The minimum atomic E-state index is -1.02. The lowest BCUT2D eigenvalue weighted by molar-refractivity contribution is 0.0696. The van der Waals surface area contributed by atoms with Gasteiger partial charge < -0.3 is 14.6 Å². The van der Waals surface area contributed by atoms with Crippen LogP contribution >= 0.6 is 27.3 Å². The van der Waals surface area contributed by atoms with Crippen molar-refractivity contribution in [3.63, 3.8) is 0 Å². The van der Waals surface area contributed by atoms with Gasteiger partial charge in [-0.15, -0.1) is 11.3 Å². The SMILES string of the molecule is COc1cc(C(=O)O)cc(Br)c1OCc1nc(C)c(C)s1. The first-order chi connectivity index (χ1) is 9.92. The maximum absolute atomic E-state index is 11.0. The molecule has 0 fully saturated rings. The van der Waals surface area contributed by atoms with Crippen LogP contribution in [0.2, 0.25) is 0 Å². The number of hydrogen-bond donors (Lipinski definition) is 1. The van der Waals surface area contributed by atoms with Crippen molar-refractivity contribution in [2.45, 2.75) is 20.5 Å². The van der Waals surface area contributed by atoms with E-state index < -0.39 is 5.97 Å². The van der Waals surface area contributed by atoms with Crippen LogP contribution in [-0.4, -0.2) is 23.2 Å². The average Bonchev–Trinajstić information content (AvgIpc) is 2.75. The molecule has 2 aromatic rings. The first-order valence-electron chi connectivity index (χ1n) is 6.09. The molecule has 0 radical (unpaired) electrons. The van der Waals surface area contributed by atoms with E-state index in [9.17, 15) is 4.79 Å². The molecule has 0 aliphatic carbocycles. The molecule has 21 heavy (non-hydrogen) atoms. The third kappa shape index (κ3) is 3.54. The second-order valence-corrected chi connectivity index (χ2v) is 6.47.